The van der Waals surface area contributed by atoms with Gasteiger partial charge < -0.3 is 10.4 Å². The number of carboxylic acids is 1. The van der Waals surface area contributed by atoms with Crippen LogP contribution in [0.1, 0.15) is 26.4 Å². The molecular weight excluding hydrogens is 246 g/mol. The molecule has 2 aromatic heterocycles. The van der Waals surface area contributed by atoms with E-state index in [2.05, 4.69) is 15.3 Å². The number of nitrogens with one attached hydrogen (secondary N) is 1. The van der Waals surface area contributed by atoms with E-state index < -0.39 is 5.97 Å². The molecule has 6 heteroatoms. The van der Waals surface area contributed by atoms with E-state index in [0.29, 0.717) is 12.1 Å². The Bertz CT molecular complexity index is 582. The zero-order chi connectivity index (χ0) is 13.7. The smallest absolute Gasteiger partial charge is 0.354 e. The molecule has 1 amide bonds. The fourth-order valence-corrected chi connectivity index (χ4v) is 1.44. The van der Waals surface area contributed by atoms with Crippen molar-refractivity contribution in [2.45, 2.75) is 6.54 Å². The summed E-state index contributed by atoms with van der Waals surface area (Å²) in [5, 5.41) is 11.4. The van der Waals surface area contributed by atoms with Gasteiger partial charge in [-0.25, -0.2) is 9.78 Å². The van der Waals surface area contributed by atoms with Crippen molar-refractivity contribution >= 4 is 11.9 Å². The number of rotatable bonds is 4. The molecule has 0 aliphatic heterocycles. The summed E-state index contributed by atoms with van der Waals surface area (Å²) in [6.07, 6.45) is 4.55. The topological polar surface area (TPSA) is 92.2 Å². The van der Waals surface area contributed by atoms with E-state index in [1.807, 2.05) is 6.07 Å². The lowest BCUT2D eigenvalue weighted by atomic mass is 10.2. The normalized spacial score (nSPS) is 9.89. The maximum atomic E-state index is 11.8. The van der Waals surface area contributed by atoms with Crippen LogP contribution >= 0.6 is 0 Å². The van der Waals surface area contributed by atoms with Crippen molar-refractivity contribution in [1.82, 2.24) is 15.3 Å². The van der Waals surface area contributed by atoms with Gasteiger partial charge in [0, 0.05) is 25.1 Å². The van der Waals surface area contributed by atoms with Crippen LogP contribution in [0.5, 0.6) is 0 Å². The lowest BCUT2D eigenvalue weighted by Gasteiger charge is -2.04. The molecule has 96 valence electrons. The predicted molar refractivity (Wildman–Crippen MR) is 66.6 cm³/mol. The maximum absolute atomic E-state index is 11.8. The Morgan fingerprint density at radius 2 is 2.05 bits per heavy atom. The highest BCUT2D eigenvalue weighted by atomic mass is 16.4. The van der Waals surface area contributed by atoms with Crippen molar-refractivity contribution in [3.05, 3.63) is 59.7 Å². The number of carboxylic acid groups (broad SMARTS) is 1. The number of nitrogens with zero attached hydrogens (tertiary/aromatic N) is 2. The van der Waals surface area contributed by atoms with Gasteiger partial charge in [-0.2, -0.15) is 0 Å². The van der Waals surface area contributed by atoms with Gasteiger partial charge in [0.15, 0.2) is 0 Å². The number of hydrogen-bond acceptors (Lipinski definition) is 4. The van der Waals surface area contributed by atoms with Crippen molar-refractivity contribution in [2.75, 3.05) is 0 Å². The van der Waals surface area contributed by atoms with Gasteiger partial charge in [0.05, 0.1) is 5.56 Å². The largest absolute Gasteiger partial charge is 0.477 e. The molecule has 2 N–H and O–H groups in total. The van der Waals surface area contributed by atoms with E-state index in [1.54, 1.807) is 18.5 Å². The van der Waals surface area contributed by atoms with Crippen LogP contribution in [-0.2, 0) is 6.54 Å². The molecule has 2 aromatic rings. The highest BCUT2D eigenvalue weighted by Gasteiger charge is 2.08. The van der Waals surface area contributed by atoms with Crippen LogP contribution in [0.15, 0.2) is 42.9 Å². The summed E-state index contributed by atoms with van der Waals surface area (Å²) in [5.41, 5.74) is 1.10. The molecule has 0 saturated heterocycles. The molecule has 0 saturated carbocycles. The highest BCUT2D eigenvalue weighted by Crippen LogP contribution is 2.01. The zero-order valence-electron chi connectivity index (χ0n) is 9.91. The second-order valence-electron chi connectivity index (χ2n) is 3.78. The minimum Gasteiger partial charge on any atom is -0.477 e. The van der Waals surface area contributed by atoms with Gasteiger partial charge in [-0.1, -0.05) is 6.07 Å². The first-order chi connectivity index (χ1) is 9.16. The van der Waals surface area contributed by atoms with Crippen LogP contribution in [0.2, 0.25) is 0 Å². The molecule has 6 nitrogen and oxygen atoms in total. The van der Waals surface area contributed by atoms with Crippen LogP contribution in [0, 0.1) is 0 Å². The summed E-state index contributed by atoms with van der Waals surface area (Å²) >= 11 is 0. The number of aromatic carboxylic acids is 1. The monoisotopic (exact) mass is 257 g/mol. The van der Waals surface area contributed by atoms with E-state index >= 15 is 0 Å². The summed E-state index contributed by atoms with van der Waals surface area (Å²) in [6, 6.07) is 6.35. The van der Waals surface area contributed by atoms with Gasteiger partial charge in [-0.3, -0.25) is 9.78 Å². The van der Waals surface area contributed by atoms with Crippen LogP contribution in [0.25, 0.3) is 0 Å². The molecule has 19 heavy (non-hydrogen) atoms. The summed E-state index contributed by atoms with van der Waals surface area (Å²) in [6.45, 7) is 0.355. The standard InChI is InChI=1S/C13H11N3O3/c17-12(16-7-9-2-1-5-14-6-9)10-3-4-11(13(18)19)15-8-10/h1-6,8H,7H2,(H,16,17)(H,18,19). The fourth-order valence-electron chi connectivity index (χ4n) is 1.44. The van der Waals surface area contributed by atoms with Crippen molar-refractivity contribution in [3.63, 3.8) is 0 Å². The molecule has 0 unspecified atom stereocenters. The van der Waals surface area contributed by atoms with Crippen LogP contribution in [0.4, 0.5) is 0 Å². The highest BCUT2D eigenvalue weighted by molar-refractivity contribution is 5.94. The number of hydrogen-bond donors (Lipinski definition) is 2. The number of aromatic nitrogens is 2. The molecule has 0 bridgehead atoms. The Morgan fingerprint density at radius 1 is 1.21 bits per heavy atom. The third-order valence-corrected chi connectivity index (χ3v) is 2.42. The Hall–Kier alpha value is -2.76. The second-order valence-corrected chi connectivity index (χ2v) is 3.78. The van der Waals surface area contributed by atoms with E-state index in [4.69, 9.17) is 5.11 Å². The number of carbonyl (C=O) groups is 2. The van der Waals surface area contributed by atoms with Crippen LogP contribution < -0.4 is 5.32 Å². The van der Waals surface area contributed by atoms with E-state index in [9.17, 15) is 9.59 Å². The fraction of sp³-hybridized carbons (Fsp3) is 0.0769. The lowest BCUT2D eigenvalue weighted by Crippen LogP contribution is -2.23. The molecule has 0 radical (unpaired) electrons. The van der Waals surface area contributed by atoms with Crippen molar-refractivity contribution in [3.8, 4) is 0 Å². The van der Waals surface area contributed by atoms with Gasteiger partial charge in [-0.05, 0) is 23.8 Å². The zero-order valence-corrected chi connectivity index (χ0v) is 9.91. The Morgan fingerprint density at radius 3 is 2.63 bits per heavy atom. The van der Waals surface area contributed by atoms with Gasteiger partial charge in [0.1, 0.15) is 5.69 Å². The molecule has 0 aliphatic carbocycles. The van der Waals surface area contributed by atoms with Crippen LogP contribution in [0.3, 0.4) is 0 Å². The minimum absolute atomic E-state index is 0.0937. The molecule has 0 fully saturated rings. The summed E-state index contributed by atoms with van der Waals surface area (Å²) < 4.78 is 0. The Balaban J connectivity index is 1.98. The van der Waals surface area contributed by atoms with Gasteiger partial charge in [0.25, 0.3) is 5.91 Å². The molecule has 0 atom stereocenters. The second kappa shape index (κ2) is 5.72. The average Bonchev–Trinajstić information content (AvgIpc) is 2.46. The number of carbonyl (C=O) groups excluding carboxylic acids is 1. The van der Waals surface area contributed by atoms with Crippen LogP contribution in [-0.4, -0.2) is 27.0 Å². The lowest BCUT2D eigenvalue weighted by molar-refractivity contribution is 0.0689. The van der Waals surface area contributed by atoms with Crippen molar-refractivity contribution in [2.24, 2.45) is 0 Å². The van der Waals surface area contributed by atoms with Gasteiger partial charge in [0.2, 0.25) is 0 Å². The van der Waals surface area contributed by atoms with E-state index in [1.165, 1.54) is 18.3 Å². The average molecular weight is 257 g/mol. The molecule has 0 aromatic carbocycles. The Kier molecular flexibility index (Phi) is 3.82. The first-order valence-electron chi connectivity index (χ1n) is 5.53. The summed E-state index contributed by atoms with van der Waals surface area (Å²) in [7, 11) is 0. The molecule has 0 spiro atoms. The van der Waals surface area contributed by atoms with Gasteiger partial charge in [-0.15, -0.1) is 0 Å². The van der Waals surface area contributed by atoms with Gasteiger partial charge >= 0.3 is 5.97 Å². The molecule has 2 rings (SSSR count). The predicted octanol–water partition coefficient (Wildman–Crippen LogP) is 1.10. The first-order valence-corrected chi connectivity index (χ1v) is 5.53. The van der Waals surface area contributed by atoms with E-state index in [0.717, 1.165) is 5.56 Å². The Labute approximate surface area is 109 Å². The third-order valence-electron chi connectivity index (χ3n) is 2.42. The molecule has 2 heterocycles. The summed E-state index contributed by atoms with van der Waals surface area (Å²) in [4.78, 5) is 30.0. The number of pyridine rings is 2. The maximum Gasteiger partial charge on any atom is 0.354 e. The first kappa shape index (κ1) is 12.7. The van der Waals surface area contributed by atoms with Crippen molar-refractivity contribution in [1.29, 1.82) is 0 Å². The quantitative estimate of drug-likeness (QED) is 0.855. The minimum atomic E-state index is -1.12. The SMILES string of the molecule is O=C(NCc1cccnc1)c1ccc(C(=O)O)nc1. The summed E-state index contributed by atoms with van der Waals surface area (Å²) in [5.74, 6) is -1.43. The third kappa shape index (κ3) is 3.35. The van der Waals surface area contributed by atoms with E-state index in [-0.39, 0.29) is 11.6 Å². The molecular formula is C13H11N3O3. The number of amides is 1. The molecule has 0 aliphatic rings. The van der Waals surface area contributed by atoms with Crippen molar-refractivity contribution < 1.29 is 14.7 Å².